The number of nitrogens with zero attached hydrogens (tertiary/aromatic N) is 2. The highest BCUT2D eigenvalue weighted by molar-refractivity contribution is 5.75. The zero-order valence-electron chi connectivity index (χ0n) is 11.6. The Kier molecular flexibility index (Phi) is 3.80. The van der Waals surface area contributed by atoms with E-state index in [9.17, 15) is 0 Å². The molecule has 0 unspecified atom stereocenters. The largest absolute Gasteiger partial charge is 0.342 e. The first-order chi connectivity index (χ1) is 9.35. The van der Waals surface area contributed by atoms with E-state index in [0.717, 1.165) is 43.8 Å². The summed E-state index contributed by atoms with van der Waals surface area (Å²) >= 11 is 0. The number of hydrogen-bond acceptors (Lipinski definition) is 3. The molecular formula is C15H22N4. The van der Waals surface area contributed by atoms with E-state index < -0.39 is 0 Å². The maximum Gasteiger partial charge on any atom is 0.106 e. The Balaban J connectivity index is 1.66. The van der Waals surface area contributed by atoms with Gasteiger partial charge in [0, 0.05) is 39.1 Å². The number of aryl methyl sites for hydroxylation is 1. The molecule has 0 radical (unpaired) electrons. The molecular weight excluding hydrogens is 236 g/mol. The molecule has 0 amide bonds. The molecule has 0 spiro atoms. The van der Waals surface area contributed by atoms with Crippen LogP contribution >= 0.6 is 0 Å². The highest BCUT2D eigenvalue weighted by atomic mass is 15.2. The molecule has 2 heterocycles. The summed E-state index contributed by atoms with van der Waals surface area (Å²) in [6.45, 7) is 7.88. The summed E-state index contributed by atoms with van der Waals surface area (Å²) in [4.78, 5) is 10.5. The van der Waals surface area contributed by atoms with Gasteiger partial charge in [0.15, 0.2) is 0 Å². The van der Waals surface area contributed by atoms with Gasteiger partial charge in [-0.2, -0.15) is 0 Å². The number of benzene rings is 1. The van der Waals surface area contributed by atoms with Crippen molar-refractivity contribution in [3.8, 4) is 0 Å². The summed E-state index contributed by atoms with van der Waals surface area (Å²) in [5.74, 6) is 1.08. The molecule has 19 heavy (non-hydrogen) atoms. The average molecular weight is 258 g/mol. The number of piperazine rings is 1. The van der Waals surface area contributed by atoms with Gasteiger partial charge in [0.1, 0.15) is 5.82 Å². The van der Waals surface area contributed by atoms with Gasteiger partial charge in [-0.25, -0.2) is 4.98 Å². The number of fused-ring (bicyclic) bond motifs is 1. The van der Waals surface area contributed by atoms with Crippen molar-refractivity contribution in [3.63, 3.8) is 0 Å². The van der Waals surface area contributed by atoms with Gasteiger partial charge >= 0.3 is 0 Å². The van der Waals surface area contributed by atoms with Crippen LogP contribution in [0, 0.1) is 0 Å². The highest BCUT2D eigenvalue weighted by Crippen LogP contribution is 2.15. The normalized spacial score (nSPS) is 17.1. The molecule has 0 saturated carbocycles. The summed E-state index contributed by atoms with van der Waals surface area (Å²) < 4.78 is 0. The molecule has 102 valence electrons. The molecule has 1 aromatic heterocycles. The minimum absolute atomic E-state index is 0.963. The molecule has 1 saturated heterocycles. The second-order valence-corrected chi connectivity index (χ2v) is 5.23. The van der Waals surface area contributed by atoms with E-state index in [2.05, 4.69) is 45.3 Å². The summed E-state index contributed by atoms with van der Waals surface area (Å²) in [7, 11) is 0. The van der Waals surface area contributed by atoms with E-state index in [1.807, 2.05) is 0 Å². The summed E-state index contributed by atoms with van der Waals surface area (Å²) in [6, 6.07) is 6.60. The van der Waals surface area contributed by atoms with Gasteiger partial charge in [-0.3, -0.25) is 0 Å². The van der Waals surface area contributed by atoms with Crippen molar-refractivity contribution in [1.29, 1.82) is 0 Å². The first kappa shape index (κ1) is 12.6. The summed E-state index contributed by atoms with van der Waals surface area (Å²) in [5.41, 5.74) is 3.66. The second kappa shape index (κ2) is 5.72. The van der Waals surface area contributed by atoms with Crippen LogP contribution in [0.15, 0.2) is 18.2 Å². The van der Waals surface area contributed by atoms with E-state index in [4.69, 9.17) is 0 Å². The van der Waals surface area contributed by atoms with Gasteiger partial charge < -0.3 is 15.2 Å². The van der Waals surface area contributed by atoms with E-state index in [1.165, 1.54) is 24.2 Å². The lowest BCUT2D eigenvalue weighted by atomic mass is 10.1. The van der Waals surface area contributed by atoms with Crippen molar-refractivity contribution >= 4 is 11.0 Å². The van der Waals surface area contributed by atoms with Crippen LogP contribution < -0.4 is 5.32 Å². The lowest BCUT2D eigenvalue weighted by molar-refractivity contribution is 0.244. The molecule has 0 atom stereocenters. The lowest BCUT2D eigenvalue weighted by Crippen LogP contribution is -2.44. The number of nitrogens with one attached hydrogen (secondary N) is 2. The fraction of sp³-hybridized carbons (Fsp3) is 0.533. The molecule has 1 aliphatic rings. The first-order valence-corrected chi connectivity index (χ1v) is 7.26. The van der Waals surface area contributed by atoms with Crippen molar-refractivity contribution in [2.45, 2.75) is 19.8 Å². The van der Waals surface area contributed by atoms with E-state index in [-0.39, 0.29) is 0 Å². The van der Waals surface area contributed by atoms with Crippen LogP contribution in [0.3, 0.4) is 0 Å². The topological polar surface area (TPSA) is 44.0 Å². The van der Waals surface area contributed by atoms with Gasteiger partial charge in [-0.15, -0.1) is 0 Å². The zero-order chi connectivity index (χ0) is 13.1. The van der Waals surface area contributed by atoms with Gasteiger partial charge in [-0.1, -0.05) is 13.0 Å². The van der Waals surface area contributed by atoms with E-state index >= 15 is 0 Å². The molecule has 4 nitrogen and oxygen atoms in total. The minimum atomic E-state index is 0.963. The standard InChI is InChI=1S/C15H22N4/c1-2-15-17-13-4-3-12(11-14(13)18-15)5-8-19-9-6-16-7-10-19/h3-4,11,16H,2,5-10H2,1H3,(H,17,18). The van der Waals surface area contributed by atoms with Crippen LogP contribution in [0.1, 0.15) is 18.3 Å². The van der Waals surface area contributed by atoms with Gasteiger partial charge in [0.25, 0.3) is 0 Å². The molecule has 1 aliphatic heterocycles. The van der Waals surface area contributed by atoms with Gasteiger partial charge in [0.2, 0.25) is 0 Å². The molecule has 3 rings (SSSR count). The van der Waals surface area contributed by atoms with Crippen LogP contribution in [0.5, 0.6) is 0 Å². The molecule has 1 aromatic carbocycles. The van der Waals surface area contributed by atoms with Crippen LogP contribution in [-0.4, -0.2) is 47.6 Å². The van der Waals surface area contributed by atoms with Crippen LogP contribution in [-0.2, 0) is 12.8 Å². The Hall–Kier alpha value is -1.39. The third-order valence-electron chi connectivity index (χ3n) is 3.86. The van der Waals surface area contributed by atoms with Crippen LogP contribution in [0.4, 0.5) is 0 Å². The maximum atomic E-state index is 4.55. The number of imidazole rings is 1. The maximum absolute atomic E-state index is 4.55. The fourth-order valence-corrected chi connectivity index (χ4v) is 2.65. The van der Waals surface area contributed by atoms with Gasteiger partial charge in [-0.05, 0) is 24.1 Å². The van der Waals surface area contributed by atoms with Crippen molar-refractivity contribution in [2.75, 3.05) is 32.7 Å². The molecule has 2 N–H and O–H groups in total. The number of hydrogen-bond donors (Lipinski definition) is 2. The quantitative estimate of drug-likeness (QED) is 0.875. The van der Waals surface area contributed by atoms with Crippen molar-refractivity contribution < 1.29 is 0 Å². The average Bonchev–Trinajstić information content (AvgIpc) is 2.88. The predicted molar refractivity (Wildman–Crippen MR) is 78.5 cm³/mol. The monoisotopic (exact) mass is 258 g/mol. The van der Waals surface area contributed by atoms with Crippen molar-refractivity contribution in [3.05, 3.63) is 29.6 Å². The SMILES string of the molecule is CCc1nc2ccc(CCN3CCNCC3)cc2[nH]1. The molecule has 4 heteroatoms. The third kappa shape index (κ3) is 2.96. The fourth-order valence-electron chi connectivity index (χ4n) is 2.65. The number of H-pyrrole nitrogens is 1. The van der Waals surface area contributed by atoms with E-state index in [0.29, 0.717) is 0 Å². The predicted octanol–water partition coefficient (Wildman–Crippen LogP) is 1.57. The second-order valence-electron chi connectivity index (χ2n) is 5.23. The smallest absolute Gasteiger partial charge is 0.106 e. The van der Waals surface area contributed by atoms with Gasteiger partial charge in [0.05, 0.1) is 11.0 Å². The third-order valence-corrected chi connectivity index (χ3v) is 3.86. The van der Waals surface area contributed by atoms with Crippen molar-refractivity contribution in [2.24, 2.45) is 0 Å². The first-order valence-electron chi connectivity index (χ1n) is 7.26. The molecule has 1 fully saturated rings. The van der Waals surface area contributed by atoms with Crippen LogP contribution in [0.25, 0.3) is 11.0 Å². The van der Waals surface area contributed by atoms with Crippen LogP contribution in [0.2, 0.25) is 0 Å². The zero-order valence-corrected chi connectivity index (χ0v) is 11.6. The Morgan fingerprint density at radius 3 is 2.89 bits per heavy atom. The number of aromatic nitrogens is 2. The summed E-state index contributed by atoms with van der Waals surface area (Å²) in [5, 5.41) is 3.39. The Morgan fingerprint density at radius 2 is 2.11 bits per heavy atom. The lowest BCUT2D eigenvalue weighted by Gasteiger charge is -2.27. The Bertz CT molecular complexity index is 540. The molecule has 2 aromatic rings. The minimum Gasteiger partial charge on any atom is -0.342 e. The highest BCUT2D eigenvalue weighted by Gasteiger charge is 2.09. The molecule has 0 aliphatic carbocycles. The Morgan fingerprint density at radius 1 is 1.26 bits per heavy atom. The summed E-state index contributed by atoms with van der Waals surface area (Å²) in [6.07, 6.45) is 2.08. The number of rotatable bonds is 4. The number of aromatic amines is 1. The van der Waals surface area contributed by atoms with E-state index in [1.54, 1.807) is 0 Å². The van der Waals surface area contributed by atoms with Crippen molar-refractivity contribution in [1.82, 2.24) is 20.2 Å². The Labute approximate surface area is 114 Å². The molecule has 0 bridgehead atoms.